The number of Topliss-reactive ketones (excluding diaryl/α,β-unsaturated/α-hetero) is 2. The molecular weight excluding hydrogens is 333 g/mol. The maximum absolute atomic E-state index is 13.8. The molecule has 2 aliphatic rings. The highest BCUT2D eigenvalue weighted by molar-refractivity contribution is 6.10. The van der Waals surface area contributed by atoms with E-state index in [-0.39, 0.29) is 12.8 Å². The molecular formula is C14H15F7O2. The molecule has 0 amide bonds. The fraction of sp³-hybridized carbons (Fsp3) is 0.857. The van der Waals surface area contributed by atoms with Gasteiger partial charge in [-0.15, -0.1) is 0 Å². The summed E-state index contributed by atoms with van der Waals surface area (Å²) in [6.45, 7) is 4.16. The maximum Gasteiger partial charge on any atom is 0.460 e. The Morgan fingerprint density at radius 3 is 1.96 bits per heavy atom. The van der Waals surface area contributed by atoms with Crippen molar-refractivity contribution in [2.45, 2.75) is 51.6 Å². The Balaban J connectivity index is 2.57. The predicted octanol–water partition coefficient (Wildman–Crippen LogP) is 4.03. The highest BCUT2D eigenvalue weighted by Crippen LogP contribution is 2.66. The fourth-order valence-corrected chi connectivity index (χ4v) is 3.62. The summed E-state index contributed by atoms with van der Waals surface area (Å²) in [7, 11) is 0. The first-order valence-corrected chi connectivity index (χ1v) is 6.82. The molecule has 9 heteroatoms. The van der Waals surface area contributed by atoms with Gasteiger partial charge in [0.1, 0.15) is 5.78 Å². The van der Waals surface area contributed by atoms with Gasteiger partial charge in [-0.1, -0.05) is 20.8 Å². The van der Waals surface area contributed by atoms with Gasteiger partial charge in [-0.05, 0) is 24.2 Å². The Kier molecular flexibility index (Phi) is 3.25. The van der Waals surface area contributed by atoms with Gasteiger partial charge in [0, 0.05) is 6.79 Å². The van der Waals surface area contributed by atoms with Crippen molar-refractivity contribution in [3.63, 3.8) is 0 Å². The smallest absolute Gasteiger partial charge is 0.298 e. The molecule has 0 saturated heterocycles. The lowest BCUT2D eigenvalue weighted by molar-refractivity contribution is -0.344. The molecule has 0 aromatic rings. The molecule has 0 heterocycles. The molecule has 0 spiro atoms. The third-order valence-electron chi connectivity index (χ3n) is 5.60. The Labute approximate surface area is 128 Å². The van der Waals surface area contributed by atoms with Crippen LogP contribution in [0.4, 0.5) is 30.7 Å². The first-order chi connectivity index (χ1) is 10.4. The lowest BCUT2D eigenvalue weighted by atomic mass is 9.70. The van der Waals surface area contributed by atoms with Crippen molar-refractivity contribution >= 4 is 11.6 Å². The molecule has 2 bridgehead atoms. The van der Waals surface area contributed by atoms with Gasteiger partial charge >= 0.3 is 18.0 Å². The van der Waals surface area contributed by atoms with Crippen molar-refractivity contribution < 1.29 is 41.7 Å². The summed E-state index contributed by atoms with van der Waals surface area (Å²) in [5.41, 5.74) is -2.55. The summed E-state index contributed by atoms with van der Waals surface area (Å²) in [5.74, 6) is -21.9. The van der Waals surface area contributed by atoms with Crippen molar-refractivity contribution in [1.29, 1.82) is 0 Å². The van der Waals surface area contributed by atoms with Gasteiger partial charge in [-0.3, -0.25) is 9.59 Å². The van der Waals surface area contributed by atoms with E-state index >= 15 is 0 Å². The van der Waals surface area contributed by atoms with E-state index < -0.39 is 52.2 Å². The van der Waals surface area contributed by atoms with Gasteiger partial charge in [0.2, 0.25) is 5.78 Å². The lowest BCUT2D eigenvalue weighted by Crippen LogP contribution is -2.59. The molecule has 0 N–H and O–H groups in total. The molecule has 0 aliphatic heterocycles. The SMILES string of the molecule is [2H]C1(C(=O)C(F)(F)C(F)(F)C(F)(F)F)C(=O)C2(C)CCC1C2(C)C. The van der Waals surface area contributed by atoms with Crippen molar-refractivity contribution in [3.8, 4) is 0 Å². The molecule has 2 aliphatic carbocycles. The topological polar surface area (TPSA) is 34.1 Å². The molecule has 0 aromatic heterocycles. The lowest BCUT2D eigenvalue weighted by Gasteiger charge is -2.32. The number of halogens is 7. The number of hydrogen-bond donors (Lipinski definition) is 0. The molecule has 3 unspecified atom stereocenters. The molecule has 2 fully saturated rings. The summed E-state index contributed by atoms with van der Waals surface area (Å²) in [6, 6.07) is 0. The van der Waals surface area contributed by atoms with Crippen LogP contribution in [0.3, 0.4) is 0 Å². The monoisotopic (exact) mass is 349 g/mol. The second-order valence-electron chi connectivity index (χ2n) is 6.86. The molecule has 2 rings (SSSR count). The summed E-state index contributed by atoms with van der Waals surface area (Å²) in [4.78, 5) is 24.4. The van der Waals surface area contributed by atoms with E-state index in [0.717, 1.165) is 0 Å². The van der Waals surface area contributed by atoms with E-state index in [1.807, 2.05) is 0 Å². The van der Waals surface area contributed by atoms with Gasteiger partial charge in [0.25, 0.3) is 0 Å². The zero-order valence-electron chi connectivity index (χ0n) is 13.5. The van der Waals surface area contributed by atoms with E-state index in [4.69, 9.17) is 1.37 Å². The Morgan fingerprint density at radius 1 is 1.13 bits per heavy atom. The van der Waals surface area contributed by atoms with Crippen LogP contribution >= 0.6 is 0 Å². The van der Waals surface area contributed by atoms with Crippen LogP contribution < -0.4 is 0 Å². The van der Waals surface area contributed by atoms with Gasteiger partial charge in [0.05, 0.1) is 5.89 Å². The van der Waals surface area contributed by atoms with E-state index in [2.05, 4.69) is 0 Å². The number of ketones is 2. The third-order valence-corrected chi connectivity index (χ3v) is 5.60. The first-order valence-electron chi connectivity index (χ1n) is 7.32. The quantitative estimate of drug-likeness (QED) is 0.569. The van der Waals surface area contributed by atoms with E-state index in [9.17, 15) is 40.3 Å². The van der Waals surface area contributed by atoms with Crippen LogP contribution in [-0.4, -0.2) is 29.6 Å². The van der Waals surface area contributed by atoms with Crippen LogP contribution in [0, 0.1) is 22.6 Å². The number of fused-ring (bicyclic) bond motifs is 2. The number of carbonyl (C=O) groups excluding carboxylic acids is 2. The molecule has 0 aromatic carbocycles. The fourth-order valence-electron chi connectivity index (χ4n) is 3.62. The Hall–Kier alpha value is -1.15. The summed E-state index contributed by atoms with van der Waals surface area (Å²) < 4.78 is 98.6. The zero-order valence-corrected chi connectivity index (χ0v) is 12.5. The van der Waals surface area contributed by atoms with Crippen LogP contribution in [-0.2, 0) is 9.59 Å². The minimum absolute atomic E-state index is 0.0574. The van der Waals surface area contributed by atoms with Gasteiger partial charge in [0.15, 0.2) is 0 Å². The van der Waals surface area contributed by atoms with Gasteiger partial charge in [-0.2, -0.15) is 30.7 Å². The number of carbonyl (C=O) groups is 2. The van der Waals surface area contributed by atoms with Gasteiger partial charge in [-0.25, -0.2) is 0 Å². The molecule has 0 radical (unpaired) electrons. The predicted molar refractivity (Wildman–Crippen MR) is 64.1 cm³/mol. The third kappa shape index (κ3) is 1.94. The van der Waals surface area contributed by atoms with Crippen LogP contribution in [0.25, 0.3) is 0 Å². The van der Waals surface area contributed by atoms with Crippen LogP contribution in [0.5, 0.6) is 0 Å². The summed E-state index contributed by atoms with van der Waals surface area (Å²) in [5, 5.41) is 0. The van der Waals surface area contributed by atoms with Crippen molar-refractivity contribution in [2.75, 3.05) is 0 Å². The van der Waals surface area contributed by atoms with Crippen LogP contribution in [0.2, 0.25) is 0 Å². The average Bonchev–Trinajstić information content (AvgIpc) is 2.71. The van der Waals surface area contributed by atoms with Crippen molar-refractivity contribution in [1.82, 2.24) is 0 Å². The summed E-state index contributed by atoms with van der Waals surface area (Å²) >= 11 is 0. The highest BCUT2D eigenvalue weighted by Gasteiger charge is 2.79. The normalized spacial score (nSPS) is 37.9. The molecule has 3 atom stereocenters. The largest absolute Gasteiger partial charge is 0.460 e. The zero-order chi connectivity index (χ0) is 19.1. The molecule has 23 heavy (non-hydrogen) atoms. The van der Waals surface area contributed by atoms with Gasteiger partial charge < -0.3 is 0 Å². The minimum Gasteiger partial charge on any atom is -0.298 e. The van der Waals surface area contributed by atoms with Crippen molar-refractivity contribution in [2.24, 2.45) is 22.6 Å². The second-order valence-corrected chi connectivity index (χ2v) is 6.86. The van der Waals surface area contributed by atoms with E-state index in [1.54, 1.807) is 0 Å². The standard InChI is InChI=1S/C14H15F7O2/c1-10(2)6-4-5-11(10,3)8(22)7(6)9(23)12(15,16)13(17,18)14(19,20)21/h6-7H,4-5H2,1-3H3/i7D. The highest BCUT2D eigenvalue weighted by atomic mass is 19.4. The molecule has 2 nitrogen and oxygen atoms in total. The summed E-state index contributed by atoms with van der Waals surface area (Å²) in [6.07, 6.45) is -6.60. The second kappa shape index (κ2) is 4.47. The molecule has 132 valence electrons. The molecule has 2 saturated carbocycles. The Morgan fingerprint density at radius 2 is 1.61 bits per heavy atom. The van der Waals surface area contributed by atoms with Crippen LogP contribution in [0.15, 0.2) is 0 Å². The van der Waals surface area contributed by atoms with E-state index in [0.29, 0.717) is 0 Å². The Bertz CT molecular complexity index is 613. The minimum atomic E-state index is -6.69. The number of alkyl halides is 7. The van der Waals surface area contributed by atoms with Crippen molar-refractivity contribution in [3.05, 3.63) is 0 Å². The van der Waals surface area contributed by atoms with E-state index in [1.165, 1.54) is 20.8 Å². The average molecular weight is 349 g/mol. The number of rotatable bonds is 3. The number of hydrogen-bond acceptors (Lipinski definition) is 2. The van der Waals surface area contributed by atoms with Crippen LogP contribution in [0.1, 0.15) is 35.0 Å². The maximum atomic E-state index is 13.8. The first kappa shape index (κ1) is 16.7.